The molecule has 1 aromatic carbocycles. The predicted molar refractivity (Wildman–Crippen MR) is 162 cm³/mol. The second kappa shape index (κ2) is 12.5. The van der Waals surface area contributed by atoms with Crippen molar-refractivity contribution in [2.75, 3.05) is 39.9 Å². The number of hydrogen-bond acceptors (Lipinski definition) is 7. The number of nitrogens with one attached hydrogen (secondary N) is 1. The number of rotatable bonds is 10. The van der Waals surface area contributed by atoms with E-state index in [0.29, 0.717) is 30.6 Å². The third-order valence-electron chi connectivity index (χ3n) is 8.29. The second-order valence-electron chi connectivity index (χ2n) is 11.9. The number of carbonyl (C=O) groups is 1. The van der Waals surface area contributed by atoms with E-state index >= 15 is 0 Å². The van der Waals surface area contributed by atoms with Crippen LogP contribution in [0, 0.1) is 11.8 Å². The molecule has 9 nitrogen and oxygen atoms in total. The number of imidazole rings is 1. The van der Waals surface area contributed by atoms with Crippen molar-refractivity contribution >= 4 is 16.9 Å². The van der Waals surface area contributed by atoms with E-state index in [-0.39, 0.29) is 5.92 Å². The van der Waals surface area contributed by atoms with Crippen LogP contribution in [-0.2, 0) is 17.8 Å². The summed E-state index contributed by atoms with van der Waals surface area (Å²) in [5.41, 5.74) is 5.75. The molecule has 0 spiro atoms. The van der Waals surface area contributed by atoms with Crippen LogP contribution in [0.3, 0.4) is 0 Å². The van der Waals surface area contributed by atoms with E-state index < -0.39 is 0 Å². The van der Waals surface area contributed by atoms with Crippen molar-refractivity contribution in [1.29, 1.82) is 0 Å². The monoisotopic (exact) mass is 568 g/mol. The molecular weight excluding hydrogens is 528 g/mol. The van der Waals surface area contributed by atoms with Gasteiger partial charge in [0, 0.05) is 74.3 Å². The highest BCUT2D eigenvalue weighted by Gasteiger charge is 2.31. The van der Waals surface area contributed by atoms with Crippen LogP contribution in [0.1, 0.15) is 50.2 Å². The minimum Gasteiger partial charge on any atom is -0.494 e. The molecule has 0 radical (unpaired) electrons. The molecule has 42 heavy (non-hydrogen) atoms. The molecule has 220 valence electrons. The van der Waals surface area contributed by atoms with Crippen molar-refractivity contribution < 1.29 is 14.3 Å². The van der Waals surface area contributed by atoms with Gasteiger partial charge in [-0.1, -0.05) is 20.3 Å². The summed E-state index contributed by atoms with van der Waals surface area (Å²) in [5.74, 6) is 3.28. The molecule has 6 rings (SSSR count). The summed E-state index contributed by atoms with van der Waals surface area (Å²) in [6.07, 6.45) is 9.28. The highest BCUT2D eigenvalue weighted by atomic mass is 16.5. The second-order valence-corrected chi connectivity index (χ2v) is 11.9. The quantitative estimate of drug-likeness (QED) is 0.284. The van der Waals surface area contributed by atoms with Gasteiger partial charge in [-0.15, -0.1) is 0 Å². The van der Waals surface area contributed by atoms with Gasteiger partial charge in [-0.3, -0.25) is 19.7 Å². The Hall–Kier alpha value is -3.98. The van der Waals surface area contributed by atoms with E-state index in [2.05, 4.69) is 56.8 Å². The zero-order valence-electron chi connectivity index (χ0n) is 24.8. The molecule has 2 aliphatic rings. The van der Waals surface area contributed by atoms with Crippen molar-refractivity contribution in [2.45, 2.75) is 46.1 Å². The Bertz CT molecular complexity index is 1540. The maximum atomic E-state index is 12.6. The standard InChI is InChI=1S/C33H40N6O3/c1-22(2)21-42-32-27(26-10-11-34-19-29(26)41-3)7-8-28-31(32)37-30(36-28)18-25-17-23(9-12-35-25)20-38-13-15-39(16-14-38)33(40)24-5-4-6-24/h7-12,17,19,22,24H,4-6,13-16,18,20-21H2,1-3H3,(H,36,37). The minimum absolute atomic E-state index is 0.278. The Morgan fingerprint density at radius 3 is 2.64 bits per heavy atom. The van der Waals surface area contributed by atoms with Crippen LogP contribution < -0.4 is 9.47 Å². The number of nitrogens with zero attached hydrogens (tertiary/aromatic N) is 5. The number of ether oxygens (including phenoxy) is 2. The van der Waals surface area contributed by atoms with Gasteiger partial charge in [0.2, 0.25) is 5.91 Å². The third-order valence-corrected chi connectivity index (χ3v) is 8.29. The Kier molecular flexibility index (Phi) is 8.37. The fourth-order valence-electron chi connectivity index (χ4n) is 5.75. The number of carbonyl (C=O) groups excluding carboxylic acids is 1. The average Bonchev–Trinajstić information content (AvgIpc) is 3.38. The molecule has 1 aliphatic carbocycles. The first-order valence-corrected chi connectivity index (χ1v) is 15.1. The maximum absolute atomic E-state index is 12.6. The van der Waals surface area contributed by atoms with Gasteiger partial charge in [0.15, 0.2) is 5.75 Å². The smallest absolute Gasteiger partial charge is 0.225 e. The van der Waals surface area contributed by atoms with E-state index in [1.807, 2.05) is 18.3 Å². The summed E-state index contributed by atoms with van der Waals surface area (Å²) < 4.78 is 12.0. The molecule has 9 heteroatoms. The highest BCUT2D eigenvalue weighted by Crippen LogP contribution is 2.40. The van der Waals surface area contributed by atoms with Gasteiger partial charge in [0.05, 0.1) is 25.4 Å². The largest absolute Gasteiger partial charge is 0.494 e. The summed E-state index contributed by atoms with van der Waals surface area (Å²) >= 11 is 0. The van der Waals surface area contributed by atoms with Crippen LogP contribution in [0.25, 0.3) is 22.2 Å². The Labute approximate surface area is 247 Å². The van der Waals surface area contributed by atoms with E-state index in [1.165, 1.54) is 12.0 Å². The molecule has 0 atom stereocenters. The van der Waals surface area contributed by atoms with Crippen LogP contribution in [0.2, 0.25) is 0 Å². The van der Waals surface area contributed by atoms with Crippen molar-refractivity contribution in [1.82, 2.24) is 29.7 Å². The molecule has 1 amide bonds. The van der Waals surface area contributed by atoms with E-state index in [4.69, 9.17) is 14.5 Å². The normalized spacial score (nSPS) is 16.1. The number of piperazine rings is 1. The third kappa shape index (κ3) is 6.11. The molecular formula is C33H40N6O3. The molecule has 0 unspecified atom stereocenters. The maximum Gasteiger partial charge on any atom is 0.225 e. The van der Waals surface area contributed by atoms with Crippen LogP contribution in [-0.4, -0.2) is 75.5 Å². The highest BCUT2D eigenvalue weighted by molar-refractivity contribution is 5.92. The number of fused-ring (bicyclic) bond motifs is 1. The van der Waals surface area contributed by atoms with Crippen molar-refractivity contribution in [3.8, 4) is 22.6 Å². The molecule has 1 N–H and O–H groups in total. The Balaban J connectivity index is 1.18. The fourth-order valence-corrected chi connectivity index (χ4v) is 5.75. The molecule has 3 aromatic heterocycles. The van der Waals surface area contributed by atoms with E-state index in [9.17, 15) is 4.79 Å². The topological polar surface area (TPSA) is 96.5 Å². The van der Waals surface area contributed by atoms with Crippen molar-refractivity contribution in [3.05, 3.63) is 66.0 Å². The van der Waals surface area contributed by atoms with Crippen molar-refractivity contribution in [3.63, 3.8) is 0 Å². The lowest BCUT2D eigenvalue weighted by molar-refractivity contribution is -0.140. The number of pyridine rings is 2. The molecule has 1 aliphatic heterocycles. The zero-order valence-corrected chi connectivity index (χ0v) is 24.8. The summed E-state index contributed by atoms with van der Waals surface area (Å²) in [6, 6.07) is 10.3. The molecule has 4 aromatic rings. The number of hydrogen-bond donors (Lipinski definition) is 1. The zero-order chi connectivity index (χ0) is 29.1. The summed E-state index contributed by atoms with van der Waals surface area (Å²) in [4.78, 5) is 34.5. The van der Waals surface area contributed by atoms with Crippen LogP contribution in [0.5, 0.6) is 11.5 Å². The minimum atomic E-state index is 0.278. The average molecular weight is 569 g/mol. The van der Waals surface area contributed by atoms with E-state index in [1.54, 1.807) is 19.5 Å². The first-order valence-electron chi connectivity index (χ1n) is 15.1. The molecule has 2 fully saturated rings. The van der Waals surface area contributed by atoms with Crippen LogP contribution >= 0.6 is 0 Å². The van der Waals surface area contributed by atoms with Crippen molar-refractivity contribution in [2.24, 2.45) is 11.8 Å². The predicted octanol–water partition coefficient (Wildman–Crippen LogP) is 5.10. The van der Waals surface area contributed by atoms with Gasteiger partial charge in [0.1, 0.15) is 17.1 Å². The Morgan fingerprint density at radius 1 is 1.07 bits per heavy atom. The fraction of sp³-hybridized carbons (Fsp3) is 0.455. The van der Waals surface area contributed by atoms with Crippen LogP contribution in [0.15, 0.2) is 48.9 Å². The van der Waals surface area contributed by atoms with E-state index in [0.717, 1.165) is 85.0 Å². The first kappa shape index (κ1) is 28.2. The molecule has 0 bridgehead atoms. The lowest BCUT2D eigenvalue weighted by Gasteiger charge is -2.38. The van der Waals surface area contributed by atoms with Gasteiger partial charge in [0.25, 0.3) is 0 Å². The number of H-pyrrole nitrogens is 1. The number of methoxy groups -OCH3 is 1. The number of benzene rings is 1. The summed E-state index contributed by atoms with van der Waals surface area (Å²) in [7, 11) is 1.65. The van der Waals surface area contributed by atoms with Crippen LogP contribution in [0.4, 0.5) is 0 Å². The molecule has 4 heterocycles. The lowest BCUT2D eigenvalue weighted by Crippen LogP contribution is -2.50. The Morgan fingerprint density at radius 2 is 1.90 bits per heavy atom. The van der Waals surface area contributed by atoms with Gasteiger partial charge in [-0.25, -0.2) is 4.98 Å². The van der Waals surface area contributed by atoms with Gasteiger partial charge in [-0.05, 0) is 54.7 Å². The first-order chi connectivity index (χ1) is 20.5. The van der Waals surface area contributed by atoms with Gasteiger partial charge in [-0.2, -0.15) is 0 Å². The number of amides is 1. The summed E-state index contributed by atoms with van der Waals surface area (Å²) in [6.45, 7) is 9.15. The SMILES string of the molecule is COc1cnccc1-c1ccc2[nH]c(Cc3cc(CN4CCN(C(=O)C5CCC5)CC4)ccn3)nc2c1OCC(C)C. The van der Waals surface area contributed by atoms with Gasteiger partial charge >= 0.3 is 0 Å². The number of aromatic amines is 1. The summed E-state index contributed by atoms with van der Waals surface area (Å²) in [5, 5.41) is 0. The molecule has 1 saturated carbocycles. The number of aromatic nitrogens is 4. The van der Waals surface area contributed by atoms with Gasteiger partial charge < -0.3 is 19.4 Å². The molecule has 1 saturated heterocycles. The lowest BCUT2D eigenvalue weighted by atomic mass is 9.84.